The van der Waals surface area contributed by atoms with E-state index in [0.29, 0.717) is 6.04 Å². The van der Waals surface area contributed by atoms with Crippen molar-refractivity contribution in [1.29, 1.82) is 0 Å². The molecule has 0 fully saturated rings. The van der Waals surface area contributed by atoms with Crippen molar-refractivity contribution < 1.29 is 0 Å². The summed E-state index contributed by atoms with van der Waals surface area (Å²) >= 11 is 0. The molecule has 3 N–H and O–H groups in total. The van der Waals surface area contributed by atoms with Gasteiger partial charge in [0.15, 0.2) is 0 Å². The number of hydrazine groups is 1. The second kappa shape index (κ2) is 7.46. The number of aryl methyl sites for hydroxylation is 2. The number of nitrogens with one attached hydrogen (secondary N) is 1. The van der Waals surface area contributed by atoms with Crippen LogP contribution in [0.4, 0.5) is 0 Å². The van der Waals surface area contributed by atoms with Crippen LogP contribution in [0.2, 0.25) is 0 Å². The lowest BCUT2D eigenvalue weighted by Gasteiger charge is -2.16. The van der Waals surface area contributed by atoms with Crippen LogP contribution in [0, 0.1) is 13.8 Å². The van der Waals surface area contributed by atoms with Crippen molar-refractivity contribution in [2.24, 2.45) is 5.84 Å². The Morgan fingerprint density at radius 1 is 1.18 bits per heavy atom. The highest BCUT2D eigenvalue weighted by atomic mass is 15.2. The molecule has 0 heterocycles. The van der Waals surface area contributed by atoms with Gasteiger partial charge in [-0.3, -0.25) is 11.3 Å². The lowest BCUT2D eigenvalue weighted by Crippen LogP contribution is -2.36. The van der Waals surface area contributed by atoms with E-state index in [1.165, 1.54) is 36.0 Å². The summed E-state index contributed by atoms with van der Waals surface area (Å²) in [7, 11) is 0. The number of rotatable bonds is 7. The first-order valence-electron chi connectivity index (χ1n) is 6.69. The third kappa shape index (κ3) is 4.88. The van der Waals surface area contributed by atoms with Crippen molar-refractivity contribution in [3.05, 3.63) is 34.9 Å². The number of benzene rings is 1. The fraction of sp³-hybridized carbons (Fsp3) is 0.600. The molecule has 0 radical (unpaired) electrons. The molecule has 0 amide bonds. The van der Waals surface area contributed by atoms with Gasteiger partial charge in [0.25, 0.3) is 0 Å². The molecule has 0 aliphatic heterocycles. The van der Waals surface area contributed by atoms with E-state index in [0.717, 1.165) is 12.8 Å². The number of hydrogen-bond acceptors (Lipinski definition) is 2. The Morgan fingerprint density at radius 2 is 1.94 bits per heavy atom. The van der Waals surface area contributed by atoms with Crippen molar-refractivity contribution in [2.45, 2.75) is 58.9 Å². The Balaban J connectivity index is 2.51. The number of nitrogens with two attached hydrogens (primary N) is 1. The van der Waals surface area contributed by atoms with Gasteiger partial charge >= 0.3 is 0 Å². The molecule has 0 spiro atoms. The Labute approximate surface area is 106 Å². The van der Waals surface area contributed by atoms with Crippen LogP contribution >= 0.6 is 0 Å². The van der Waals surface area contributed by atoms with Crippen molar-refractivity contribution in [3.8, 4) is 0 Å². The third-order valence-corrected chi connectivity index (χ3v) is 3.45. The van der Waals surface area contributed by atoms with E-state index < -0.39 is 0 Å². The largest absolute Gasteiger partial charge is 0.271 e. The lowest BCUT2D eigenvalue weighted by molar-refractivity contribution is 0.467. The maximum atomic E-state index is 5.62. The minimum Gasteiger partial charge on any atom is -0.271 e. The summed E-state index contributed by atoms with van der Waals surface area (Å²) in [6.45, 7) is 6.55. The molecular formula is C15H26N2. The van der Waals surface area contributed by atoms with Crippen LogP contribution in [-0.4, -0.2) is 6.04 Å². The molecule has 1 aromatic rings. The zero-order chi connectivity index (χ0) is 12.7. The summed E-state index contributed by atoms with van der Waals surface area (Å²) in [5.74, 6) is 5.62. The SMILES string of the molecule is CCCCCC(Cc1ccc(C)c(C)c1)NN. The number of hydrogen-bond donors (Lipinski definition) is 2. The minimum atomic E-state index is 0.406. The normalized spacial score (nSPS) is 12.7. The molecule has 2 heteroatoms. The molecule has 0 aromatic heterocycles. The monoisotopic (exact) mass is 234 g/mol. The summed E-state index contributed by atoms with van der Waals surface area (Å²) < 4.78 is 0. The maximum Gasteiger partial charge on any atom is 0.0250 e. The standard InChI is InChI=1S/C15H26N2/c1-4-5-6-7-15(17-16)11-14-9-8-12(2)13(3)10-14/h8-10,15,17H,4-7,11,16H2,1-3H3. The van der Waals surface area contributed by atoms with Gasteiger partial charge in [0.05, 0.1) is 0 Å². The molecule has 0 saturated heterocycles. The third-order valence-electron chi connectivity index (χ3n) is 3.45. The topological polar surface area (TPSA) is 38.0 Å². The molecule has 1 aromatic carbocycles. The molecule has 1 unspecified atom stereocenters. The van der Waals surface area contributed by atoms with Crippen molar-refractivity contribution in [1.82, 2.24) is 5.43 Å². The van der Waals surface area contributed by atoms with E-state index >= 15 is 0 Å². The average molecular weight is 234 g/mol. The van der Waals surface area contributed by atoms with Crippen LogP contribution in [-0.2, 0) is 6.42 Å². The fourth-order valence-electron chi connectivity index (χ4n) is 2.10. The van der Waals surface area contributed by atoms with Crippen LogP contribution < -0.4 is 11.3 Å². The molecule has 1 rings (SSSR count). The van der Waals surface area contributed by atoms with Gasteiger partial charge in [-0.15, -0.1) is 0 Å². The van der Waals surface area contributed by atoms with E-state index in [1.54, 1.807) is 0 Å². The van der Waals surface area contributed by atoms with Crippen molar-refractivity contribution >= 4 is 0 Å². The van der Waals surface area contributed by atoms with Gasteiger partial charge in [-0.25, -0.2) is 0 Å². The van der Waals surface area contributed by atoms with Crippen LogP contribution in [0.5, 0.6) is 0 Å². The van der Waals surface area contributed by atoms with Crippen LogP contribution in [0.25, 0.3) is 0 Å². The van der Waals surface area contributed by atoms with Crippen LogP contribution in [0.3, 0.4) is 0 Å². The predicted molar refractivity (Wildman–Crippen MR) is 74.9 cm³/mol. The second-order valence-corrected chi connectivity index (χ2v) is 4.98. The Kier molecular flexibility index (Phi) is 6.23. The van der Waals surface area contributed by atoms with Gasteiger partial charge in [0.1, 0.15) is 0 Å². The zero-order valence-corrected chi connectivity index (χ0v) is 11.4. The molecule has 0 saturated carbocycles. The van der Waals surface area contributed by atoms with Gasteiger partial charge in [0, 0.05) is 6.04 Å². The van der Waals surface area contributed by atoms with E-state index in [2.05, 4.69) is 44.4 Å². The lowest BCUT2D eigenvalue weighted by atomic mass is 9.98. The Bertz CT molecular complexity index is 334. The average Bonchev–Trinajstić information content (AvgIpc) is 2.32. The number of unbranched alkanes of at least 4 members (excludes halogenated alkanes) is 2. The summed E-state index contributed by atoms with van der Waals surface area (Å²) in [5, 5.41) is 0. The van der Waals surface area contributed by atoms with E-state index in [1.807, 2.05) is 0 Å². The second-order valence-electron chi connectivity index (χ2n) is 4.98. The minimum absolute atomic E-state index is 0.406. The first-order chi connectivity index (χ1) is 8.17. The van der Waals surface area contributed by atoms with Crippen LogP contribution in [0.1, 0.15) is 49.3 Å². The van der Waals surface area contributed by atoms with Gasteiger partial charge < -0.3 is 0 Å². The molecule has 0 aliphatic rings. The van der Waals surface area contributed by atoms with Gasteiger partial charge in [-0.2, -0.15) is 0 Å². The van der Waals surface area contributed by atoms with E-state index in [-0.39, 0.29) is 0 Å². The quantitative estimate of drug-likeness (QED) is 0.432. The van der Waals surface area contributed by atoms with Crippen LogP contribution in [0.15, 0.2) is 18.2 Å². The molecule has 0 bridgehead atoms. The van der Waals surface area contributed by atoms with E-state index in [9.17, 15) is 0 Å². The summed E-state index contributed by atoms with van der Waals surface area (Å²) in [6.07, 6.45) is 6.01. The van der Waals surface area contributed by atoms with Gasteiger partial charge in [0.2, 0.25) is 0 Å². The smallest absolute Gasteiger partial charge is 0.0250 e. The Morgan fingerprint density at radius 3 is 2.53 bits per heavy atom. The molecule has 1 atom stereocenters. The van der Waals surface area contributed by atoms with Crippen molar-refractivity contribution in [3.63, 3.8) is 0 Å². The first-order valence-corrected chi connectivity index (χ1v) is 6.69. The van der Waals surface area contributed by atoms with Gasteiger partial charge in [-0.05, 0) is 43.4 Å². The van der Waals surface area contributed by atoms with Crippen molar-refractivity contribution in [2.75, 3.05) is 0 Å². The van der Waals surface area contributed by atoms with Gasteiger partial charge in [-0.1, -0.05) is 44.4 Å². The first kappa shape index (κ1) is 14.2. The molecular weight excluding hydrogens is 208 g/mol. The summed E-state index contributed by atoms with van der Waals surface area (Å²) in [5.41, 5.74) is 7.05. The van der Waals surface area contributed by atoms with E-state index in [4.69, 9.17) is 5.84 Å². The zero-order valence-electron chi connectivity index (χ0n) is 11.4. The highest BCUT2D eigenvalue weighted by Gasteiger charge is 2.07. The maximum absolute atomic E-state index is 5.62. The predicted octanol–water partition coefficient (Wildman–Crippen LogP) is 3.26. The molecule has 0 aliphatic carbocycles. The fourth-order valence-corrected chi connectivity index (χ4v) is 2.10. The summed E-state index contributed by atoms with van der Waals surface area (Å²) in [6, 6.07) is 7.10. The highest BCUT2D eigenvalue weighted by molar-refractivity contribution is 5.30. The summed E-state index contributed by atoms with van der Waals surface area (Å²) in [4.78, 5) is 0. The molecule has 17 heavy (non-hydrogen) atoms. The molecule has 2 nitrogen and oxygen atoms in total. The molecule has 96 valence electrons. The Hall–Kier alpha value is -0.860. The highest BCUT2D eigenvalue weighted by Crippen LogP contribution is 2.13.